The highest BCUT2D eigenvalue weighted by Crippen LogP contribution is 2.08. The zero-order valence-corrected chi connectivity index (χ0v) is 16.0. The number of ether oxygens (including phenoxy) is 1. The molecule has 0 unspecified atom stereocenters. The van der Waals surface area contributed by atoms with Gasteiger partial charge in [0.05, 0.1) is 18.8 Å². The third-order valence-corrected chi connectivity index (χ3v) is 3.23. The van der Waals surface area contributed by atoms with E-state index in [1.54, 1.807) is 26.3 Å². The molecule has 0 aliphatic rings. The van der Waals surface area contributed by atoms with Crippen LogP contribution in [0.1, 0.15) is 5.56 Å². The van der Waals surface area contributed by atoms with Crippen molar-refractivity contribution in [2.45, 2.75) is 0 Å². The standard InChI is InChI=1S/C13H15N3OS.C7H8FN/c1-17-13(9-15-16-10-18)7-3-5-11-4-2-6-12(14)8-11;1-9-7-4-2-3-6(8)5-7/h2-10H,14H2,1H3,(H,16,18);2-5,9H,1H3/b5-3+,13-7-,15-9+;. The predicted octanol–water partition coefficient (Wildman–Crippen LogP) is 4.21. The van der Waals surface area contributed by atoms with Crippen molar-refractivity contribution < 1.29 is 9.13 Å². The molecule has 0 saturated carbocycles. The molecule has 2 aromatic carbocycles. The van der Waals surface area contributed by atoms with E-state index in [4.69, 9.17) is 10.5 Å². The number of halogens is 1. The molecule has 0 spiro atoms. The van der Waals surface area contributed by atoms with Crippen molar-refractivity contribution in [3.8, 4) is 0 Å². The fourth-order valence-corrected chi connectivity index (χ4v) is 1.92. The smallest absolute Gasteiger partial charge is 0.138 e. The van der Waals surface area contributed by atoms with Crippen LogP contribution in [0, 0.1) is 5.82 Å². The summed E-state index contributed by atoms with van der Waals surface area (Å²) in [6.45, 7) is 0. The number of benzene rings is 2. The lowest BCUT2D eigenvalue weighted by Crippen LogP contribution is -2.00. The number of methoxy groups -OCH3 is 1. The molecule has 0 atom stereocenters. The van der Waals surface area contributed by atoms with E-state index < -0.39 is 0 Å². The number of anilines is 2. The first-order valence-electron chi connectivity index (χ1n) is 8.02. The summed E-state index contributed by atoms with van der Waals surface area (Å²) in [4.78, 5) is 0. The average molecular weight is 386 g/mol. The number of allylic oxidation sites excluding steroid dienone is 3. The molecule has 0 fully saturated rings. The first-order chi connectivity index (χ1) is 13.1. The molecule has 2 aromatic rings. The van der Waals surface area contributed by atoms with Crippen LogP contribution in [0.4, 0.5) is 15.8 Å². The molecule has 2 rings (SSSR count). The maximum atomic E-state index is 12.3. The lowest BCUT2D eigenvalue weighted by molar-refractivity contribution is 0.317. The van der Waals surface area contributed by atoms with Gasteiger partial charge in [-0.1, -0.05) is 42.6 Å². The molecular weight excluding hydrogens is 363 g/mol. The van der Waals surface area contributed by atoms with Gasteiger partial charge in [0.25, 0.3) is 0 Å². The number of hydrazone groups is 1. The summed E-state index contributed by atoms with van der Waals surface area (Å²) in [7, 11) is 3.33. The van der Waals surface area contributed by atoms with E-state index in [2.05, 4.69) is 28.1 Å². The third kappa shape index (κ3) is 9.76. The third-order valence-electron chi connectivity index (χ3n) is 3.13. The molecule has 0 bridgehead atoms. The summed E-state index contributed by atoms with van der Waals surface area (Å²) >= 11 is 4.57. The molecule has 4 N–H and O–H groups in total. The molecule has 0 aliphatic carbocycles. The van der Waals surface area contributed by atoms with Crippen LogP contribution in [0.3, 0.4) is 0 Å². The Balaban J connectivity index is 0.000000337. The Hall–Kier alpha value is -3.19. The number of nitrogens with zero attached hydrogens (tertiary/aromatic N) is 1. The van der Waals surface area contributed by atoms with Crippen molar-refractivity contribution in [1.29, 1.82) is 0 Å². The van der Waals surface area contributed by atoms with Gasteiger partial charge in [-0.15, -0.1) is 0 Å². The normalized spacial score (nSPS) is 11.0. The van der Waals surface area contributed by atoms with Crippen molar-refractivity contribution in [2.24, 2.45) is 5.10 Å². The van der Waals surface area contributed by atoms with Crippen molar-refractivity contribution in [1.82, 2.24) is 5.43 Å². The summed E-state index contributed by atoms with van der Waals surface area (Å²) in [5.74, 6) is 0.404. The van der Waals surface area contributed by atoms with E-state index in [9.17, 15) is 4.39 Å². The van der Waals surface area contributed by atoms with Crippen LogP contribution < -0.4 is 16.5 Å². The SMILES string of the molecule is CNc1cccc(F)c1.COC(=C\C=C\c1cccc(N)c1)/C=N/NC=S. The lowest BCUT2D eigenvalue weighted by Gasteiger charge is -1.97. The monoisotopic (exact) mass is 386 g/mol. The minimum absolute atomic E-state index is 0.207. The number of nitrogens with one attached hydrogen (secondary N) is 2. The van der Waals surface area contributed by atoms with Gasteiger partial charge in [0, 0.05) is 18.4 Å². The molecule has 0 amide bonds. The number of thiocarbonyl (C=S) groups is 1. The van der Waals surface area contributed by atoms with Gasteiger partial charge in [-0.05, 0) is 42.0 Å². The second-order valence-electron chi connectivity index (χ2n) is 5.07. The molecule has 0 heterocycles. The summed E-state index contributed by atoms with van der Waals surface area (Å²) in [6, 6.07) is 13.9. The van der Waals surface area contributed by atoms with Crippen molar-refractivity contribution >= 4 is 41.4 Å². The molecule has 7 heteroatoms. The number of hydrogen-bond acceptors (Lipinski definition) is 5. The topological polar surface area (TPSA) is 71.7 Å². The van der Waals surface area contributed by atoms with E-state index in [1.165, 1.54) is 23.8 Å². The van der Waals surface area contributed by atoms with Gasteiger partial charge in [-0.3, -0.25) is 5.43 Å². The van der Waals surface area contributed by atoms with Gasteiger partial charge in [-0.2, -0.15) is 5.10 Å². The fourth-order valence-electron chi connectivity index (χ4n) is 1.86. The lowest BCUT2D eigenvalue weighted by atomic mass is 10.2. The molecule has 0 aliphatic heterocycles. The van der Waals surface area contributed by atoms with E-state index in [-0.39, 0.29) is 5.82 Å². The Kier molecular flexibility index (Phi) is 10.6. The number of rotatable bonds is 7. The van der Waals surface area contributed by atoms with Gasteiger partial charge < -0.3 is 15.8 Å². The average Bonchev–Trinajstić information content (AvgIpc) is 2.67. The van der Waals surface area contributed by atoms with Crippen LogP contribution in [-0.4, -0.2) is 25.9 Å². The van der Waals surface area contributed by atoms with Crippen LogP contribution >= 0.6 is 12.2 Å². The Labute approximate surface area is 164 Å². The van der Waals surface area contributed by atoms with Gasteiger partial charge in [-0.25, -0.2) is 4.39 Å². The molecule has 0 saturated heterocycles. The van der Waals surface area contributed by atoms with Crippen LogP contribution in [-0.2, 0) is 4.74 Å². The Morgan fingerprint density at radius 2 is 2.00 bits per heavy atom. The minimum atomic E-state index is -0.207. The highest BCUT2D eigenvalue weighted by atomic mass is 32.1. The maximum absolute atomic E-state index is 12.3. The quantitative estimate of drug-likeness (QED) is 0.166. The second-order valence-corrected chi connectivity index (χ2v) is 5.30. The number of nitrogen functional groups attached to an aromatic ring is 1. The predicted molar refractivity (Wildman–Crippen MR) is 116 cm³/mol. The van der Waals surface area contributed by atoms with Crippen LogP contribution in [0.25, 0.3) is 6.08 Å². The molecule has 5 nitrogen and oxygen atoms in total. The molecule has 0 radical (unpaired) electrons. The Morgan fingerprint density at radius 3 is 2.59 bits per heavy atom. The van der Waals surface area contributed by atoms with E-state index >= 15 is 0 Å². The van der Waals surface area contributed by atoms with E-state index in [0.29, 0.717) is 5.76 Å². The zero-order valence-electron chi connectivity index (χ0n) is 15.2. The zero-order chi connectivity index (χ0) is 19.9. The summed E-state index contributed by atoms with van der Waals surface area (Å²) < 4.78 is 17.4. The Morgan fingerprint density at radius 1 is 1.22 bits per heavy atom. The molecule has 27 heavy (non-hydrogen) atoms. The van der Waals surface area contributed by atoms with Crippen molar-refractivity contribution in [3.63, 3.8) is 0 Å². The summed E-state index contributed by atoms with van der Waals surface area (Å²) in [5.41, 5.74) is 12.1. The van der Waals surface area contributed by atoms with Gasteiger partial charge >= 0.3 is 0 Å². The summed E-state index contributed by atoms with van der Waals surface area (Å²) in [6.07, 6.45) is 7.11. The highest BCUT2D eigenvalue weighted by Gasteiger charge is 1.89. The van der Waals surface area contributed by atoms with Crippen LogP contribution in [0.15, 0.2) is 71.5 Å². The molecular formula is C20H23FN4OS. The Bertz CT molecular complexity index is 806. The van der Waals surface area contributed by atoms with Gasteiger partial charge in [0.1, 0.15) is 11.6 Å². The van der Waals surface area contributed by atoms with E-state index in [1.807, 2.05) is 42.5 Å². The van der Waals surface area contributed by atoms with Crippen molar-refractivity contribution in [3.05, 3.63) is 77.8 Å². The van der Waals surface area contributed by atoms with E-state index in [0.717, 1.165) is 16.9 Å². The summed E-state index contributed by atoms with van der Waals surface area (Å²) in [5, 5.41) is 6.65. The number of hydrogen-bond donors (Lipinski definition) is 3. The first-order valence-corrected chi connectivity index (χ1v) is 8.49. The highest BCUT2D eigenvalue weighted by molar-refractivity contribution is 7.78. The second kappa shape index (κ2) is 13.1. The molecule has 142 valence electrons. The van der Waals surface area contributed by atoms with Gasteiger partial charge in [0.15, 0.2) is 0 Å². The van der Waals surface area contributed by atoms with Crippen molar-refractivity contribution in [2.75, 3.05) is 25.2 Å². The van der Waals surface area contributed by atoms with Crippen LogP contribution in [0.5, 0.6) is 0 Å². The minimum Gasteiger partial charge on any atom is -0.495 e. The fraction of sp³-hybridized carbons (Fsp3) is 0.100. The largest absolute Gasteiger partial charge is 0.495 e. The van der Waals surface area contributed by atoms with Crippen LogP contribution in [0.2, 0.25) is 0 Å². The molecule has 0 aromatic heterocycles. The maximum Gasteiger partial charge on any atom is 0.138 e. The number of nitrogens with two attached hydrogens (primary N) is 1. The first kappa shape index (κ1) is 21.9. The van der Waals surface area contributed by atoms with Gasteiger partial charge in [0.2, 0.25) is 0 Å².